The van der Waals surface area contributed by atoms with Crippen LogP contribution in [0.5, 0.6) is 11.5 Å². The van der Waals surface area contributed by atoms with Gasteiger partial charge in [0.15, 0.2) is 0 Å². The summed E-state index contributed by atoms with van der Waals surface area (Å²) in [6.45, 7) is 23.8. The summed E-state index contributed by atoms with van der Waals surface area (Å²) < 4.78 is 0. The molecule has 2 aliphatic rings. The summed E-state index contributed by atoms with van der Waals surface area (Å²) in [5, 5.41) is 40.4. The van der Waals surface area contributed by atoms with Crippen LogP contribution in [0.2, 0.25) is 0 Å². The van der Waals surface area contributed by atoms with Crippen LogP contribution < -0.4 is 10.2 Å². The summed E-state index contributed by atoms with van der Waals surface area (Å²) in [4.78, 5) is 28.2. The molecule has 2 saturated carbocycles. The number of carbonyl (C=O) groups excluding carboxylic acids is 2. The van der Waals surface area contributed by atoms with E-state index in [0.29, 0.717) is 29.3 Å². The van der Waals surface area contributed by atoms with Gasteiger partial charge < -0.3 is 30.0 Å². The largest absolute Gasteiger partial charge is 2.00 e. The molecule has 50 heavy (non-hydrogen) atoms. The first kappa shape index (κ1) is 44.8. The van der Waals surface area contributed by atoms with Crippen molar-refractivity contribution in [1.29, 1.82) is 0 Å². The Hall–Kier alpha value is -3.17. The standard InChI is InChI=1S/C37H54N2O2.2C2H4O2.Co/c1-11-23(3)26-16-28(33(40)30(18-26)35(5,6)7)21-38-32-15-25-13-14-37(32,20-25)39-22-29-17-27(24(4)12-2)19-31(34(29)41)36(8,9)10;2*1-2(3)4;/h16-19,21-25,32,40-41H,11-15,20H2,1-10H3;2*1H3,(H,3,4);/q;;;+2/p-2. The Morgan fingerprint density at radius 2 is 1.24 bits per heavy atom. The van der Waals surface area contributed by atoms with E-state index in [1.807, 2.05) is 12.4 Å². The number of aliphatic imine (C=N–C) groups is 2. The van der Waals surface area contributed by atoms with Crippen LogP contribution in [-0.2, 0) is 37.2 Å². The van der Waals surface area contributed by atoms with Crippen molar-refractivity contribution >= 4 is 24.4 Å². The molecule has 1 radical (unpaired) electrons. The Morgan fingerprint density at radius 1 is 0.840 bits per heavy atom. The quantitative estimate of drug-likeness (QED) is 0.277. The molecule has 0 aromatic heterocycles. The fourth-order valence-corrected chi connectivity index (χ4v) is 6.71. The number of aromatic hydroxyl groups is 2. The summed E-state index contributed by atoms with van der Waals surface area (Å²) in [5.41, 5.74) is 5.51. The van der Waals surface area contributed by atoms with E-state index in [1.54, 1.807) is 0 Å². The summed E-state index contributed by atoms with van der Waals surface area (Å²) >= 11 is 0. The third-order valence-electron chi connectivity index (χ3n) is 9.96. The molecule has 0 aliphatic heterocycles. The number of hydrogen-bond donors (Lipinski definition) is 2. The second-order valence-electron chi connectivity index (χ2n) is 16.1. The van der Waals surface area contributed by atoms with Gasteiger partial charge in [-0.15, -0.1) is 0 Å². The molecule has 2 aromatic carbocycles. The van der Waals surface area contributed by atoms with Crippen LogP contribution >= 0.6 is 0 Å². The zero-order chi connectivity index (χ0) is 37.5. The van der Waals surface area contributed by atoms with Crippen LogP contribution in [0.1, 0.15) is 167 Å². The number of fused-ring (bicyclic) bond motifs is 2. The number of phenolic OH excluding ortho intramolecular Hbond substituents is 2. The van der Waals surface area contributed by atoms with E-state index in [4.69, 9.17) is 29.8 Å². The number of carboxylic acids is 2. The van der Waals surface area contributed by atoms with Gasteiger partial charge in [-0.2, -0.15) is 0 Å². The van der Waals surface area contributed by atoms with E-state index in [1.165, 1.54) is 17.5 Å². The molecule has 0 amide bonds. The van der Waals surface area contributed by atoms with Crippen molar-refractivity contribution in [3.05, 3.63) is 57.6 Å². The molecule has 9 heteroatoms. The predicted molar refractivity (Wildman–Crippen MR) is 196 cm³/mol. The number of carbonyl (C=O) groups is 2. The van der Waals surface area contributed by atoms with Gasteiger partial charge in [0.05, 0.1) is 11.6 Å². The van der Waals surface area contributed by atoms with Crippen molar-refractivity contribution in [3.8, 4) is 11.5 Å². The zero-order valence-corrected chi connectivity index (χ0v) is 33.3. The fraction of sp³-hybridized carbons (Fsp3) is 0.610. The summed E-state index contributed by atoms with van der Waals surface area (Å²) in [5.74, 6) is -0.0170. The Morgan fingerprint density at radius 3 is 1.60 bits per heavy atom. The van der Waals surface area contributed by atoms with E-state index in [-0.39, 0.29) is 39.2 Å². The first-order chi connectivity index (χ1) is 22.6. The first-order valence-corrected chi connectivity index (χ1v) is 17.7. The van der Waals surface area contributed by atoms with Gasteiger partial charge in [0.2, 0.25) is 0 Å². The number of aliphatic carboxylic acids is 2. The van der Waals surface area contributed by atoms with E-state index < -0.39 is 11.9 Å². The summed E-state index contributed by atoms with van der Waals surface area (Å²) in [6.07, 6.45) is 10.2. The van der Waals surface area contributed by atoms with Crippen LogP contribution in [0.4, 0.5) is 0 Å². The number of rotatable bonds is 8. The zero-order valence-electron chi connectivity index (χ0n) is 32.3. The first-order valence-electron chi connectivity index (χ1n) is 17.7. The molecule has 8 nitrogen and oxygen atoms in total. The van der Waals surface area contributed by atoms with Crippen molar-refractivity contribution in [2.75, 3.05) is 0 Å². The van der Waals surface area contributed by atoms with Gasteiger partial charge in [-0.05, 0) is 104 Å². The van der Waals surface area contributed by atoms with Gasteiger partial charge in [-0.25, -0.2) is 0 Å². The molecule has 279 valence electrons. The summed E-state index contributed by atoms with van der Waals surface area (Å²) in [7, 11) is 0. The smallest absolute Gasteiger partial charge is 0.550 e. The monoisotopic (exact) mass is 735 g/mol. The molecule has 4 rings (SSSR count). The number of nitrogens with zero attached hydrogens (tertiary/aromatic N) is 2. The Kier molecular flexibility index (Phi) is 16.5. The van der Waals surface area contributed by atoms with Gasteiger partial charge in [0.1, 0.15) is 11.5 Å². The summed E-state index contributed by atoms with van der Waals surface area (Å²) in [6, 6.07) is 8.68. The van der Waals surface area contributed by atoms with E-state index in [9.17, 15) is 10.2 Å². The average Bonchev–Trinajstić information content (AvgIpc) is 3.56. The maximum Gasteiger partial charge on any atom is 2.00 e. The fourth-order valence-electron chi connectivity index (χ4n) is 6.71. The number of hydrogen-bond acceptors (Lipinski definition) is 8. The molecular weight excluding hydrogens is 675 g/mol. The van der Waals surface area contributed by atoms with Gasteiger partial charge >= 0.3 is 16.8 Å². The van der Waals surface area contributed by atoms with E-state index >= 15 is 0 Å². The SMILES string of the molecule is CC(=O)[O-].CC(=O)[O-].CCC(C)c1cc(C=NC2CC3CCC2(N=Cc2cc(C(C)CC)cc(C(C)(C)C)c2O)C3)c(O)c(C(C)(C)C)c1.[Co+2]. The second kappa shape index (κ2) is 18.4. The van der Waals surface area contributed by atoms with Crippen LogP contribution in [-0.4, -0.2) is 46.2 Å². The van der Waals surface area contributed by atoms with Crippen molar-refractivity contribution in [2.24, 2.45) is 15.9 Å². The van der Waals surface area contributed by atoms with Gasteiger partial charge in [0, 0.05) is 46.6 Å². The topological polar surface area (TPSA) is 145 Å². The van der Waals surface area contributed by atoms with Gasteiger partial charge in [0.25, 0.3) is 0 Å². The third-order valence-corrected chi connectivity index (χ3v) is 9.96. The molecule has 2 bridgehead atoms. The maximum atomic E-state index is 11.3. The molecule has 5 atom stereocenters. The van der Waals surface area contributed by atoms with Crippen molar-refractivity contribution in [1.82, 2.24) is 0 Å². The van der Waals surface area contributed by atoms with Crippen molar-refractivity contribution < 1.29 is 46.8 Å². The molecule has 0 heterocycles. The van der Waals surface area contributed by atoms with Crippen LogP contribution in [0, 0.1) is 5.92 Å². The van der Waals surface area contributed by atoms with E-state index in [0.717, 1.165) is 68.2 Å². The minimum Gasteiger partial charge on any atom is -0.550 e. The molecule has 0 spiro atoms. The third kappa shape index (κ3) is 12.0. The van der Waals surface area contributed by atoms with Crippen molar-refractivity contribution in [3.63, 3.8) is 0 Å². The average molecular weight is 736 g/mol. The Bertz CT molecular complexity index is 1500. The molecule has 0 saturated heterocycles. The van der Waals surface area contributed by atoms with Crippen LogP contribution in [0.25, 0.3) is 0 Å². The van der Waals surface area contributed by atoms with Gasteiger partial charge in [-0.1, -0.05) is 81.4 Å². The minimum absolute atomic E-state index is 0. The van der Waals surface area contributed by atoms with Crippen LogP contribution in [0.15, 0.2) is 34.3 Å². The van der Waals surface area contributed by atoms with Crippen molar-refractivity contribution in [2.45, 2.75) is 156 Å². The second-order valence-corrected chi connectivity index (χ2v) is 16.1. The molecule has 5 unspecified atom stereocenters. The molecule has 2 aromatic rings. The Balaban J connectivity index is 0.00000125. The number of phenols is 2. The normalized spacial score (nSPS) is 21.1. The molecule has 2 fully saturated rings. The number of carboxylic acid groups (broad SMARTS) is 2. The van der Waals surface area contributed by atoms with Crippen LogP contribution in [0.3, 0.4) is 0 Å². The van der Waals surface area contributed by atoms with Gasteiger partial charge in [-0.3, -0.25) is 9.98 Å². The Labute approximate surface area is 311 Å². The molecule has 2 N–H and O–H groups in total. The van der Waals surface area contributed by atoms with E-state index in [2.05, 4.69) is 93.5 Å². The molecular formula is C41H60CoN2O6. The minimum atomic E-state index is -1.08. The predicted octanol–water partition coefficient (Wildman–Crippen LogP) is 7.08. The molecule has 2 aliphatic carbocycles. The number of benzene rings is 2. The maximum absolute atomic E-state index is 11.3.